The zero-order valence-corrected chi connectivity index (χ0v) is 21.0. The molecule has 0 aliphatic heterocycles. The first kappa shape index (κ1) is 23.9. The summed E-state index contributed by atoms with van der Waals surface area (Å²) >= 11 is 1.83. The van der Waals surface area contributed by atoms with Crippen molar-refractivity contribution in [2.75, 3.05) is 18.0 Å². The van der Waals surface area contributed by atoms with E-state index in [-0.39, 0.29) is 0 Å². The van der Waals surface area contributed by atoms with Crippen LogP contribution >= 0.6 is 11.8 Å². The number of nitrogens with one attached hydrogen (secondary N) is 1. The van der Waals surface area contributed by atoms with Crippen LogP contribution in [-0.4, -0.2) is 22.3 Å². The molecule has 5 rings (SSSR count). The van der Waals surface area contributed by atoms with Crippen LogP contribution in [0.2, 0.25) is 0 Å². The number of allylic oxidation sites excluding steroid dienone is 3. The van der Waals surface area contributed by atoms with Gasteiger partial charge in [0.25, 0.3) is 0 Å². The number of rotatable bonds is 12. The van der Waals surface area contributed by atoms with Crippen LogP contribution in [0.3, 0.4) is 0 Å². The lowest BCUT2D eigenvalue weighted by molar-refractivity contribution is 0.490. The van der Waals surface area contributed by atoms with Crippen LogP contribution in [0.4, 0.5) is 5.69 Å². The van der Waals surface area contributed by atoms with E-state index in [0.717, 1.165) is 72.0 Å². The number of nitrogens with zero attached hydrogens (tertiary/aromatic N) is 2. The van der Waals surface area contributed by atoms with Gasteiger partial charge in [-0.1, -0.05) is 48.9 Å². The molecular formula is C30H30N4OS. The predicted octanol–water partition coefficient (Wildman–Crippen LogP) is 6.90. The van der Waals surface area contributed by atoms with Crippen molar-refractivity contribution < 1.29 is 4.42 Å². The fourth-order valence-corrected chi connectivity index (χ4v) is 4.84. The van der Waals surface area contributed by atoms with Crippen molar-refractivity contribution in [2.45, 2.75) is 30.6 Å². The van der Waals surface area contributed by atoms with Gasteiger partial charge in [-0.3, -0.25) is 4.98 Å². The Kier molecular flexibility index (Phi) is 7.83. The molecule has 36 heavy (non-hydrogen) atoms. The third kappa shape index (κ3) is 6.67. The van der Waals surface area contributed by atoms with Crippen molar-refractivity contribution in [2.24, 2.45) is 0 Å². The molecule has 0 fully saturated rings. The van der Waals surface area contributed by atoms with E-state index in [1.54, 1.807) is 6.20 Å². The standard InChI is InChI=1S/C30H30N4OS/c31-26-13-15-27(16-14-26)36-21-28(23-9-10-23)33-18-3-1-2-6-30-34-20-29(35-30)24-11-7-22(8-12-24)25-5-4-17-32-19-25/h4-5,7-17,19-20,33H,1-3,6,18,21,31H2. The number of hydrogen-bond donors (Lipinski definition) is 2. The Morgan fingerprint density at radius 3 is 2.42 bits per heavy atom. The Morgan fingerprint density at radius 1 is 0.861 bits per heavy atom. The molecule has 0 saturated carbocycles. The van der Waals surface area contributed by atoms with Gasteiger partial charge < -0.3 is 15.5 Å². The Bertz CT molecular complexity index is 1320. The van der Waals surface area contributed by atoms with Gasteiger partial charge in [0.05, 0.1) is 6.20 Å². The molecule has 0 radical (unpaired) electrons. The molecule has 0 atom stereocenters. The van der Waals surface area contributed by atoms with Gasteiger partial charge in [-0.2, -0.15) is 0 Å². The SMILES string of the molecule is Nc1ccc(SCC(NCCCCCc2ncc(-c3ccc(-c4cccnc4)cc3)o2)=C2C=C2)cc1. The molecule has 5 nitrogen and oxygen atoms in total. The summed E-state index contributed by atoms with van der Waals surface area (Å²) in [5.74, 6) is 2.56. The highest BCUT2D eigenvalue weighted by Gasteiger charge is 2.10. The van der Waals surface area contributed by atoms with Crippen LogP contribution in [0.1, 0.15) is 25.2 Å². The maximum atomic E-state index is 6.02. The van der Waals surface area contributed by atoms with E-state index in [0.29, 0.717) is 0 Å². The van der Waals surface area contributed by atoms with Crippen LogP contribution < -0.4 is 11.1 Å². The van der Waals surface area contributed by atoms with Crippen LogP contribution in [0.5, 0.6) is 0 Å². The maximum Gasteiger partial charge on any atom is 0.194 e. The molecule has 3 N–H and O–H groups in total. The first-order valence-corrected chi connectivity index (χ1v) is 13.3. The molecule has 4 aromatic rings. The minimum absolute atomic E-state index is 0.802. The molecule has 2 aromatic carbocycles. The van der Waals surface area contributed by atoms with Crippen LogP contribution in [0.15, 0.2) is 112 Å². The smallest absolute Gasteiger partial charge is 0.194 e. The number of pyridine rings is 1. The first-order chi connectivity index (χ1) is 17.7. The third-order valence-corrected chi connectivity index (χ3v) is 7.11. The zero-order valence-electron chi connectivity index (χ0n) is 20.2. The Morgan fingerprint density at radius 2 is 1.67 bits per heavy atom. The largest absolute Gasteiger partial charge is 0.441 e. The Balaban J connectivity index is 1.02. The van der Waals surface area contributed by atoms with Gasteiger partial charge >= 0.3 is 0 Å². The highest BCUT2D eigenvalue weighted by atomic mass is 32.2. The molecule has 0 spiro atoms. The second-order valence-corrected chi connectivity index (χ2v) is 9.85. The highest BCUT2D eigenvalue weighted by Crippen LogP contribution is 2.27. The fourth-order valence-electron chi connectivity index (χ4n) is 3.94. The van der Waals surface area contributed by atoms with Gasteiger partial charge in [0.15, 0.2) is 11.7 Å². The number of aryl methyl sites for hydroxylation is 1. The number of benzene rings is 2. The second-order valence-electron chi connectivity index (χ2n) is 8.80. The molecule has 6 heteroatoms. The van der Waals surface area contributed by atoms with E-state index < -0.39 is 0 Å². The molecule has 2 aromatic heterocycles. The molecule has 0 unspecified atom stereocenters. The summed E-state index contributed by atoms with van der Waals surface area (Å²) in [6.07, 6.45) is 14.0. The number of nitrogen functional groups attached to an aromatic ring is 1. The summed E-state index contributed by atoms with van der Waals surface area (Å²) in [6.45, 7) is 0.975. The molecule has 0 saturated heterocycles. The van der Waals surface area contributed by atoms with Crippen molar-refractivity contribution in [1.82, 2.24) is 15.3 Å². The first-order valence-electron chi connectivity index (χ1n) is 12.3. The van der Waals surface area contributed by atoms with Gasteiger partial charge in [0, 0.05) is 53.0 Å². The number of aromatic nitrogens is 2. The van der Waals surface area contributed by atoms with Gasteiger partial charge in [-0.15, -0.1) is 11.8 Å². The molecule has 0 amide bonds. The number of unbranched alkanes of at least 4 members (excludes halogenated alkanes) is 2. The molecule has 2 heterocycles. The monoisotopic (exact) mass is 494 g/mol. The van der Waals surface area contributed by atoms with Crippen molar-refractivity contribution in [3.63, 3.8) is 0 Å². The summed E-state index contributed by atoms with van der Waals surface area (Å²) in [7, 11) is 0. The maximum absolute atomic E-state index is 6.02. The highest BCUT2D eigenvalue weighted by molar-refractivity contribution is 7.99. The molecular weight excluding hydrogens is 464 g/mol. The van der Waals surface area contributed by atoms with E-state index in [2.05, 4.69) is 69.9 Å². The third-order valence-electron chi connectivity index (χ3n) is 6.07. The number of thioether (sulfide) groups is 1. The zero-order chi connectivity index (χ0) is 24.6. The second kappa shape index (κ2) is 11.8. The van der Waals surface area contributed by atoms with Crippen molar-refractivity contribution in [1.29, 1.82) is 0 Å². The molecule has 1 aliphatic carbocycles. The van der Waals surface area contributed by atoms with Crippen molar-refractivity contribution in [3.8, 4) is 22.5 Å². The average Bonchev–Trinajstić information content (AvgIpc) is 3.66. The number of oxazole rings is 1. The van der Waals surface area contributed by atoms with E-state index in [1.165, 1.54) is 16.2 Å². The summed E-state index contributed by atoms with van der Waals surface area (Å²) in [5.41, 5.74) is 12.5. The lowest BCUT2D eigenvalue weighted by Crippen LogP contribution is -2.17. The van der Waals surface area contributed by atoms with Gasteiger partial charge in [0.2, 0.25) is 0 Å². The minimum atomic E-state index is 0.802. The predicted molar refractivity (Wildman–Crippen MR) is 148 cm³/mol. The Labute approximate surface area is 216 Å². The Hall–Kier alpha value is -3.77. The molecule has 182 valence electrons. The van der Waals surface area contributed by atoms with E-state index >= 15 is 0 Å². The number of hydrogen-bond acceptors (Lipinski definition) is 6. The van der Waals surface area contributed by atoms with E-state index in [1.807, 2.05) is 42.4 Å². The van der Waals surface area contributed by atoms with Crippen LogP contribution in [-0.2, 0) is 6.42 Å². The lowest BCUT2D eigenvalue weighted by atomic mass is 10.1. The van der Waals surface area contributed by atoms with Gasteiger partial charge in [-0.05, 0) is 59.9 Å². The summed E-state index contributed by atoms with van der Waals surface area (Å²) in [5, 5.41) is 3.63. The summed E-state index contributed by atoms with van der Waals surface area (Å²) in [6, 6.07) is 20.4. The van der Waals surface area contributed by atoms with Crippen LogP contribution in [0.25, 0.3) is 22.5 Å². The fraction of sp³-hybridized carbons (Fsp3) is 0.200. The topological polar surface area (TPSA) is 77.0 Å². The lowest BCUT2D eigenvalue weighted by Gasteiger charge is -2.11. The quantitative estimate of drug-likeness (QED) is 0.127. The number of nitrogens with two attached hydrogens (primary N) is 1. The van der Waals surface area contributed by atoms with Crippen LogP contribution in [0, 0.1) is 0 Å². The molecule has 0 bridgehead atoms. The van der Waals surface area contributed by atoms with Crippen molar-refractivity contribution >= 4 is 17.4 Å². The van der Waals surface area contributed by atoms with Gasteiger partial charge in [0.1, 0.15) is 0 Å². The minimum Gasteiger partial charge on any atom is -0.441 e. The van der Waals surface area contributed by atoms with Crippen molar-refractivity contribution in [3.05, 3.63) is 109 Å². The normalized spacial score (nSPS) is 12.1. The van der Waals surface area contributed by atoms with E-state index in [9.17, 15) is 0 Å². The average molecular weight is 495 g/mol. The van der Waals surface area contributed by atoms with Gasteiger partial charge in [-0.25, -0.2) is 4.98 Å². The number of anilines is 1. The summed E-state index contributed by atoms with van der Waals surface area (Å²) < 4.78 is 6.02. The summed E-state index contributed by atoms with van der Waals surface area (Å²) in [4.78, 5) is 9.92. The van der Waals surface area contributed by atoms with E-state index in [4.69, 9.17) is 10.2 Å². The molecule has 1 aliphatic rings.